The van der Waals surface area contributed by atoms with Crippen molar-refractivity contribution in [1.82, 2.24) is 14.9 Å². The van der Waals surface area contributed by atoms with Gasteiger partial charge in [0.05, 0.1) is 16.3 Å². The number of imide groups is 1. The third-order valence-corrected chi connectivity index (χ3v) is 6.13. The second-order valence-corrected chi connectivity index (χ2v) is 8.15. The average Bonchev–Trinajstić information content (AvgIpc) is 3.08. The van der Waals surface area contributed by atoms with Crippen LogP contribution in [0.2, 0.25) is 0 Å². The van der Waals surface area contributed by atoms with E-state index >= 15 is 0 Å². The fourth-order valence-electron chi connectivity index (χ4n) is 2.58. The molecule has 9 heteroatoms. The summed E-state index contributed by atoms with van der Waals surface area (Å²) in [6.07, 6.45) is 0. The molecule has 3 N–H and O–H groups in total. The second-order valence-electron chi connectivity index (χ2n) is 6.15. The molecule has 1 aromatic carbocycles. The lowest BCUT2D eigenvalue weighted by Crippen LogP contribution is -2.42. The summed E-state index contributed by atoms with van der Waals surface area (Å²) in [5, 5.41) is 4.20. The van der Waals surface area contributed by atoms with Crippen molar-refractivity contribution in [2.24, 2.45) is 11.7 Å². The second kappa shape index (κ2) is 7.93. The number of thiophene rings is 1. The molecule has 0 radical (unpaired) electrons. The van der Waals surface area contributed by atoms with E-state index in [0.717, 1.165) is 11.8 Å². The maximum atomic E-state index is 13.1. The molecule has 1 atom stereocenters. The number of aromatic nitrogens is 2. The van der Waals surface area contributed by atoms with Gasteiger partial charge in [0.25, 0.3) is 5.56 Å². The first-order valence-electron chi connectivity index (χ1n) is 8.21. The summed E-state index contributed by atoms with van der Waals surface area (Å²) in [5.74, 6) is -0.628. The highest BCUT2D eigenvalue weighted by molar-refractivity contribution is 8.00. The molecule has 27 heavy (non-hydrogen) atoms. The summed E-state index contributed by atoms with van der Waals surface area (Å²) in [6, 6.07) is 9.95. The van der Waals surface area contributed by atoms with E-state index in [0.29, 0.717) is 21.1 Å². The number of hydrogen-bond donors (Lipinski definition) is 2. The smallest absolute Gasteiger partial charge is 0.318 e. The Bertz CT molecular complexity index is 1040. The van der Waals surface area contributed by atoms with Crippen LogP contribution in [0.25, 0.3) is 15.9 Å². The van der Waals surface area contributed by atoms with Crippen LogP contribution in [0.1, 0.15) is 13.8 Å². The van der Waals surface area contributed by atoms with E-state index in [-0.39, 0.29) is 11.5 Å². The van der Waals surface area contributed by atoms with Crippen LogP contribution in [-0.4, -0.2) is 26.7 Å². The van der Waals surface area contributed by atoms with Crippen molar-refractivity contribution < 1.29 is 9.59 Å². The third kappa shape index (κ3) is 4.04. The molecule has 0 saturated carbocycles. The lowest BCUT2D eigenvalue weighted by Gasteiger charge is -2.20. The maximum Gasteiger partial charge on any atom is 0.318 e. The van der Waals surface area contributed by atoms with E-state index in [1.807, 2.05) is 37.4 Å². The molecule has 0 unspecified atom stereocenters. The highest BCUT2D eigenvalue weighted by Crippen LogP contribution is 2.30. The lowest BCUT2D eigenvalue weighted by molar-refractivity contribution is -0.120. The van der Waals surface area contributed by atoms with Crippen molar-refractivity contribution in [2.45, 2.75) is 24.3 Å². The van der Waals surface area contributed by atoms with Crippen molar-refractivity contribution >= 4 is 45.3 Å². The number of nitrogens with one attached hydrogen (secondary N) is 1. The first-order chi connectivity index (χ1) is 12.9. The van der Waals surface area contributed by atoms with E-state index in [1.54, 1.807) is 18.2 Å². The number of hydrogen-bond acceptors (Lipinski definition) is 6. The largest absolute Gasteiger partial charge is 0.351 e. The topological polar surface area (TPSA) is 107 Å². The molecule has 0 fully saturated rings. The normalized spacial score (nSPS) is 12.3. The molecule has 3 rings (SSSR count). The Morgan fingerprint density at radius 2 is 1.93 bits per heavy atom. The number of carbonyl (C=O) groups excluding carboxylic acids is 2. The molecule has 0 aliphatic heterocycles. The molecule has 0 aliphatic rings. The number of urea groups is 1. The Kier molecular flexibility index (Phi) is 5.62. The van der Waals surface area contributed by atoms with Gasteiger partial charge in [0.2, 0.25) is 5.91 Å². The fourth-order valence-corrected chi connectivity index (χ4v) is 4.49. The van der Waals surface area contributed by atoms with Crippen LogP contribution in [-0.2, 0) is 4.79 Å². The number of carbonyl (C=O) groups is 2. The number of fused-ring (bicyclic) bond motifs is 1. The van der Waals surface area contributed by atoms with Crippen molar-refractivity contribution in [3.63, 3.8) is 0 Å². The Morgan fingerprint density at radius 3 is 2.56 bits per heavy atom. The Morgan fingerprint density at radius 1 is 1.22 bits per heavy atom. The van der Waals surface area contributed by atoms with Crippen LogP contribution in [0.5, 0.6) is 0 Å². The summed E-state index contributed by atoms with van der Waals surface area (Å²) in [5.41, 5.74) is 5.54. The quantitative estimate of drug-likeness (QED) is 0.504. The summed E-state index contributed by atoms with van der Waals surface area (Å²) in [6.45, 7) is 3.71. The molecule has 2 heterocycles. The molecule has 0 spiro atoms. The van der Waals surface area contributed by atoms with Gasteiger partial charge in [0.15, 0.2) is 5.16 Å². The zero-order valence-corrected chi connectivity index (χ0v) is 16.3. The van der Waals surface area contributed by atoms with Crippen LogP contribution in [0, 0.1) is 5.92 Å². The van der Waals surface area contributed by atoms with Crippen LogP contribution < -0.4 is 16.6 Å². The van der Waals surface area contributed by atoms with E-state index in [4.69, 9.17) is 5.73 Å². The van der Waals surface area contributed by atoms with Crippen molar-refractivity contribution in [2.75, 3.05) is 0 Å². The Hall–Kier alpha value is -2.65. The third-order valence-electron chi connectivity index (χ3n) is 3.82. The number of nitrogens with two attached hydrogens (primary N) is 1. The van der Waals surface area contributed by atoms with Gasteiger partial charge in [-0.3, -0.25) is 19.5 Å². The molecule has 3 amide bonds. The number of primary amides is 1. The van der Waals surface area contributed by atoms with Gasteiger partial charge in [-0.25, -0.2) is 9.78 Å². The van der Waals surface area contributed by atoms with Gasteiger partial charge in [0, 0.05) is 0 Å². The SMILES string of the molecule is CC(C)[C@@H](Sc1nc2sccc2c(=O)n1-c1ccccc1)C(=O)NC(N)=O. The lowest BCUT2D eigenvalue weighted by atomic mass is 10.1. The van der Waals surface area contributed by atoms with Gasteiger partial charge in [-0.05, 0) is 29.5 Å². The molecule has 3 aromatic rings. The summed E-state index contributed by atoms with van der Waals surface area (Å²) in [4.78, 5) is 41.7. The Balaban J connectivity index is 2.13. The minimum Gasteiger partial charge on any atom is -0.351 e. The average molecular weight is 403 g/mol. The predicted molar refractivity (Wildman–Crippen MR) is 107 cm³/mol. The van der Waals surface area contributed by atoms with Gasteiger partial charge >= 0.3 is 6.03 Å². The number of amides is 3. The van der Waals surface area contributed by atoms with E-state index in [2.05, 4.69) is 10.3 Å². The van der Waals surface area contributed by atoms with Crippen LogP contribution >= 0.6 is 23.1 Å². The van der Waals surface area contributed by atoms with Crippen molar-refractivity contribution in [3.8, 4) is 5.69 Å². The fraction of sp³-hybridized carbons (Fsp3) is 0.222. The van der Waals surface area contributed by atoms with Crippen LogP contribution in [0.4, 0.5) is 4.79 Å². The molecule has 7 nitrogen and oxygen atoms in total. The molecular formula is C18H18N4O3S2. The minimum absolute atomic E-state index is 0.116. The van der Waals surface area contributed by atoms with E-state index in [1.165, 1.54) is 15.9 Å². The standard InChI is InChI=1S/C18H18N4O3S2/c1-10(2)13(14(23)20-17(19)25)27-18-21-15-12(8-9-26-15)16(24)22(18)11-6-4-3-5-7-11/h3-10,13H,1-2H3,(H3,19,20,23,25)/t13-/m1/s1. The van der Waals surface area contributed by atoms with Gasteiger partial charge < -0.3 is 5.73 Å². The van der Waals surface area contributed by atoms with Crippen molar-refractivity contribution in [1.29, 1.82) is 0 Å². The number of thioether (sulfide) groups is 1. The van der Waals surface area contributed by atoms with Gasteiger partial charge in [-0.1, -0.05) is 43.8 Å². The molecule has 0 bridgehead atoms. The van der Waals surface area contributed by atoms with Crippen molar-refractivity contribution in [3.05, 3.63) is 52.1 Å². The van der Waals surface area contributed by atoms with E-state index < -0.39 is 17.2 Å². The predicted octanol–water partition coefficient (Wildman–Crippen LogP) is 2.76. The van der Waals surface area contributed by atoms with Gasteiger partial charge in [0.1, 0.15) is 4.83 Å². The minimum atomic E-state index is -0.909. The monoisotopic (exact) mass is 402 g/mol. The molecular weight excluding hydrogens is 384 g/mol. The summed E-state index contributed by atoms with van der Waals surface area (Å²) >= 11 is 2.50. The number of benzene rings is 1. The summed E-state index contributed by atoms with van der Waals surface area (Å²) < 4.78 is 1.49. The first kappa shape index (κ1) is 19.1. The number of rotatable bonds is 5. The molecule has 0 aliphatic carbocycles. The highest BCUT2D eigenvalue weighted by atomic mass is 32.2. The highest BCUT2D eigenvalue weighted by Gasteiger charge is 2.27. The van der Waals surface area contributed by atoms with Gasteiger partial charge in [-0.2, -0.15) is 0 Å². The number of para-hydroxylation sites is 1. The molecule has 0 saturated heterocycles. The number of nitrogens with zero attached hydrogens (tertiary/aromatic N) is 2. The van der Waals surface area contributed by atoms with E-state index in [9.17, 15) is 14.4 Å². The van der Waals surface area contributed by atoms with Gasteiger partial charge in [-0.15, -0.1) is 11.3 Å². The first-order valence-corrected chi connectivity index (χ1v) is 9.97. The zero-order valence-electron chi connectivity index (χ0n) is 14.7. The Labute approximate surface area is 163 Å². The zero-order chi connectivity index (χ0) is 19.6. The molecule has 140 valence electrons. The van der Waals surface area contributed by atoms with Crippen LogP contribution in [0.3, 0.4) is 0 Å². The maximum absolute atomic E-state index is 13.1. The van der Waals surface area contributed by atoms with Crippen LogP contribution in [0.15, 0.2) is 51.7 Å². The summed E-state index contributed by atoms with van der Waals surface area (Å²) in [7, 11) is 0. The molecule has 2 aromatic heterocycles.